The van der Waals surface area contributed by atoms with Gasteiger partial charge in [-0.25, -0.2) is 16.8 Å². The zero-order valence-corrected chi connectivity index (χ0v) is 9.15. The van der Waals surface area contributed by atoms with E-state index in [4.69, 9.17) is 0 Å². The zero-order valence-electron chi connectivity index (χ0n) is 3.21. The van der Waals surface area contributed by atoms with Crippen molar-refractivity contribution in [2.45, 2.75) is 0 Å². The van der Waals surface area contributed by atoms with Crippen molar-refractivity contribution in [3.8, 4) is 0 Å². The van der Waals surface area contributed by atoms with Crippen LogP contribution in [0, 0.1) is 0 Å². The van der Waals surface area contributed by atoms with Gasteiger partial charge in [-0.15, -0.1) is 0 Å². The molecule has 0 radical (unpaired) electrons. The third kappa shape index (κ3) is 2.77. The largest absolute Gasteiger partial charge is 0.314 e. The van der Waals surface area contributed by atoms with Gasteiger partial charge in [0.2, 0.25) is 0 Å². The summed E-state index contributed by atoms with van der Waals surface area (Å²) in [5, 5.41) is 0. The maximum Gasteiger partial charge on any atom is 0.314 e. The lowest BCUT2D eigenvalue weighted by atomic mass is 15.9. The van der Waals surface area contributed by atoms with Gasteiger partial charge in [-0.2, -0.15) is 0 Å². The Bertz CT molecular complexity index is 224. The van der Waals surface area contributed by atoms with Gasteiger partial charge in [-0.1, -0.05) is 0 Å². The van der Waals surface area contributed by atoms with E-state index in [1.54, 1.807) is 0 Å². The van der Waals surface area contributed by atoms with Crippen LogP contribution in [0.15, 0.2) is 0 Å². The fourth-order valence-electron chi connectivity index (χ4n) is 0. The molecule has 0 amide bonds. The molecule has 0 spiro atoms. The van der Waals surface area contributed by atoms with E-state index in [1.165, 1.54) is 0 Å². The van der Waals surface area contributed by atoms with Crippen LogP contribution in [0.5, 0.6) is 0 Å². The SMILES string of the molecule is O=S(=O)(I)S(=O)(=O)I. The molecule has 0 atom stereocenters. The van der Waals surface area contributed by atoms with Gasteiger partial charge in [0.15, 0.2) is 0 Å². The highest BCUT2D eigenvalue weighted by atomic mass is 127. The molecule has 0 saturated heterocycles. The van der Waals surface area contributed by atoms with Gasteiger partial charge in [0.05, 0.1) is 42.4 Å². The predicted molar refractivity (Wildman–Crippen MR) is 45.9 cm³/mol. The second-order valence-electron chi connectivity index (χ2n) is 0.786. The van der Waals surface area contributed by atoms with Crippen LogP contribution in [0.4, 0.5) is 0 Å². The van der Waals surface area contributed by atoms with E-state index in [1.807, 2.05) is 0 Å². The van der Waals surface area contributed by atoms with Gasteiger partial charge in [0, 0.05) is 0 Å². The van der Waals surface area contributed by atoms with Crippen LogP contribution in [-0.2, 0) is 12.1 Å². The van der Waals surface area contributed by atoms with Crippen molar-refractivity contribution in [2.75, 3.05) is 0 Å². The molecule has 0 aliphatic carbocycles. The molecule has 0 saturated carbocycles. The van der Waals surface area contributed by atoms with E-state index < -0.39 is 12.1 Å². The fraction of sp³-hybridized carbons (Fsp3) is 0. The predicted octanol–water partition coefficient (Wildman–Crippen LogP) is 0.431. The highest BCUT2D eigenvalue weighted by Crippen LogP contribution is 2.18. The standard InChI is InChI=1S/I2O4S2/c1-7(3,4)8(2,5)6. The van der Waals surface area contributed by atoms with Crippen molar-refractivity contribution >= 4 is 54.5 Å². The Hall–Kier alpha value is 1.36. The molecule has 8 heteroatoms. The second-order valence-corrected chi connectivity index (χ2v) is 15.5. The monoisotopic (exact) mass is 382 g/mol. The van der Waals surface area contributed by atoms with Gasteiger partial charge in [-0.3, -0.25) is 0 Å². The Balaban J connectivity index is 5.18. The Kier molecular flexibility index (Phi) is 2.97. The first-order chi connectivity index (χ1) is 3.25. The number of rotatable bonds is 1. The highest BCUT2D eigenvalue weighted by molar-refractivity contribution is 14.2. The van der Waals surface area contributed by atoms with Gasteiger partial charge >= 0.3 is 12.1 Å². The minimum Gasteiger partial charge on any atom is -0.201 e. The molecule has 0 fully saturated rings. The van der Waals surface area contributed by atoms with Crippen LogP contribution >= 0.6 is 42.4 Å². The van der Waals surface area contributed by atoms with Crippen LogP contribution in [0.2, 0.25) is 0 Å². The summed E-state index contributed by atoms with van der Waals surface area (Å²) in [6.07, 6.45) is 0. The summed E-state index contributed by atoms with van der Waals surface area (Å²) in [6.45, 7) is 0. The first-order valence-corrected chi connectivity index (χ1v) is 9.71. The number of hydrogen-bond donors (Lipinski definition) is 0. The average molecular weight is 382 g/mol. The van der Waals surface area contributed by atoms with E-state index in [-0.39, 0.29) is 0 Å². The summed E-state index contributed by atoms with van der Waals surface area (Å²) in [5.74, 6) is 0. The summed E-state index contributed by atoms with van der Waals surface area (Å²) in [5.41, 5.74) is 0. The van der Waals surface area contributed by atoms with Crippen molar-refractivity contribution < 1.29 is 16.8 Å². The molecule has 0 rings (SSSR count). The second kappa shape index (κ2) is 2.54. The molecule has 0 aromatic heterocycles. The van der Waals surface area contributed by atoms with Crippen molar-refractivity contribution in [1.29, 1.82) is 0 Å². The van der Waals surface area contributed by atoms with Gasteiger partial charge < -0.3 is 0 Å². The molecule has 0 aliphatic rings. The third-order valence-electron chi connectivity index (χ3n) is 0.238. The van der Waals surface area contributed by atoms with E-state index in [2.05, 4.69) is 0 Å². The van der Waals surface area contributed by atoms with Crippen molar-refractivity contribution in [3.63, 3.8) is 0 Å². The molecule has 0 N–H and O–H groups in total. The van der Waals surface area contributed by atoms with E-state index in [9.17, 15) is 16.8 Å². The molecule has 0 aromatic rings. The fourth-order valence-corrected chi connectivity index (χ4v) is 0. The quantitative estimate of drug-likeness (QED) is 0.375. The third-order valence-corrected chi connectivity index (χ3v) is 16.9. The molecule has 0 unspecified atom stereocenters. The topological polar surface area (TPSA) is 68.3 Å². The smallest absolute Gasteiger partial charge is 0.201 e. The molecule has 4 nitrogen and oxygen atoms in total. The van der Waals surface area contributed by atoms with Crippen LogP contribution < -0.4 is 0 Å². The van der Waals surface area contributed by atoms with Crippen LogP contribution in [-0.4, -0.2) is 16.8 Å². The van der Waals surface area contributed by atoms with E-state index in [0.29, 0.717) is 0 Å². The molecule has 0 bridgehead atoms. The van der Waals surface area contributed by atoms with Crippen LogP contribution in [0.3, 0.4) is 0 Å². The summed E-state index contributed by atoms with van der Waals surface area (Å²) in [7, 11) is 0. The number of hydrogen-bond acceptors (Lipinski definition) is 4. The molecule has 8 heavy (non-hydrogen) atoms. The van der Waals surface area contributed by atoms with Crippen molar-refractivity contribution in [2.24, 2.45) is 0 Å². The number of halogens is 2. The Morgan fingerprint density at radius 3 is 0.875 bits per heavy atom. The Morgan fingerprint density at radius 1 is 0.750 bits per heavy atom. The summed E-state index contributed by atoms with van der Waals surface area (Å²) >= 11 is 1.72. The first-order valence-electron chi connectivity index (χ1n) is 1.14. The minimum atomic E-state index is -3.91. The molecule has 50 valence electrons. The lowest BCUT2D eigenvalue weighted by Gasteiger charge is -1.82. The normalized spacial score (nSPS) is 13.8. The molecule has 0 aliphatic heterocycles. The maximum atomic E-state index is 10.0. The van der Waals surface area contributed by atoms with Crippen molar-refractivity contribution in [3.05, 3.63) is 0 Å². The zero-order chi connectivity index (χ0) is 7.00. The van der Waals surface area contributed by atoms with Crippen molar-refractivity contribution in [1.82, 2.24) is 0 Å². The van der Waals surface area contributed by atoms with Crippen LogP contribution in [0.1, 0.15) is 0 Å². The molecular weight excluding hydrogens is 382 g/mol. The lowest BCUT2D eigenvalue weighted by molar-refractivity contribution is 0.601. The summed E-state index contributed by atoms with van der Waals surface area (Å²) < 4.78 is 40.2. The first kappa shape index (κ1) is 9.36. The van der Waals surface area contributed by atoms with Gasteiger partial charge in [-0.05, 0) is 0 Å². The van der Waals surface area contributed by atoms with Gasteiger partial charge in [0.25, 0.3) is 0 Å². The summed E-state index contributed by atoms with van der Waals surface area (Å²) in [4.78, 5) is 0. The van der Waals surface area contributed by atoms with Crippen LogP contribution in [0.25, 0.3) is 0 Å². The molecular formula is I2O4S2. The maximum absolute atomic E-state index is 10.0. The minimum absolute atomic E-state index is 0.860. The van der Waals surface area contributed by atoms with E-state index in [0.717, 1.165) is 42.4 Å². The Morgan fingerprint density at radius 2 is 0.875 bits per heavy atom. The molecule has 0 aromatic carbocycles. The average Bonchev–Trinajstić information content (AvgIpc) is 1.25. The van der Waals surface area contributed by atoms with E-state index >= 15 is 0 Å². The van der Waals surface area contributed by atoms with Gasteiger partial charge in [0.1, 0.15) is 0 Å². The molecule has 0 heterocycles. The lowest BCUT2D eigenvalue weighted by Crippen LogP contribution is -1.96. The highest BCUT2D eigenvalue weighted by Gasteiger charge is 2.21. The Labute approximate surface area is 70.4 Å². The summed E-state index contributed by atoms with van der Waals surface area (Å²) in [6, 6.07) is -7.82.